The summed E-state index contributed by atoms with van der Waals surface area (Å²) in [6.07, 6.45) is 0.0875. The van der Waals surface area contributed by atoms with Crippen molar-refractivity contribution in [2.24, 2.45) is 16.2 Å². The topological polar surface area (TPSA) is 144 Å². The van der Waals surface area contributed by atoms with E-state index in [2.05, 4.69) is 20.2 Å². The van der Waals surface area contributed by atoms with Gasteiger partial charge in [0.05, 0.1) is 35.2 Å². The highest BCUT2D eigenvalue weighted by atomic mass is 35.5. The van der Waals surface area contributed by atoms with Gasteiger partial charge in [0, 0.05) is 57.4 Å². The molecule has 5 aromatic rings. The number of sulfonamides is 1. The molecule has 2 aromatic heterocycles. The minimum absolute atomic E-state index is 0.00854. The Hall–Kier alpha value is -5.21. The van der Waals surface area contributed by atoms with Crippen LogP contribution in [0.15, 0.2) is 81.0 Å². The lowest BCUT2D eigenvalue weighted by Crippen LogP contribution is -2.43. The molecule has 3 aromatic carbocycles. The van der Waals surface area contributed by atoms with Gasteiger partial charge in [-0.05, 0) is 72.0 Å². The first kappa shape index (κ1) is 43.1. The molecule has 1 saturated heterocycles. The van der Waals surface area contributed by atoms with Gasteiger partial charge in [-0.25, -0.2) is 36.0 Å². The number of benzene rings is 3. The highest BCUT2D eigenvalue weighted by Crippen LogP contribution is 2.68. The number of halogens is 9. The van der Waals surface area contributed by atoms with Gasteiger partial charge in [0.25, 0.3) is 27.9 Å². The third kappa shape index (κ3) is 7.70. The number of likely N-dealkylation sites (N-methyl/N-ethyl adjacent to an activating group) is 1. The second-order valence-electron chi connectivity index (χ2n) is 15.7. The standard InChI is InChI=1S/C41H31Cl3F6N8O4S/c1-56-35-30(8-7-26(43)33(35)38(54-56)55-63(2,61)62)58-39(52-28-12-18(3-5-23(28)40(58)60)22-6-4-19(42)13-27(22)44)29(11-17-9-20(45)14-21(46)10-17)51-31(59)16-57-36-32(34(53-57)37(47)48)24-15-25(24)41(36,49)50/h3-10,12-14,24-25,29,33,35,37H,11,15-16H2,1-2H3,(H,51,59)(H,54,55)/t24-,25?,29-,33?,35?/m0/s1. The zero-order chi connectivity index (χ0) is 45.0. The fraction of sp³-hybridized carbons (Fsp3) is 0.293. The summed E-state index contributed by atoms with van der Waals surface area (Å²) in [6.45, 7) is -0.987. The summed E-state index contributed by atoms with van der Waals surface area (Å²) < 4.78 is 119. The van der Waals surface area contributed by atoms with Crippen LogP contribution in [-0.2, 0) is 33.7 Å². The van der Waals surface area contributed by atoms with Crippen molar-refractivity contribution in [3.8, 4) is 11.1 Å². The van der Waals surface area contributed by atoms with E-state index in [-0.39, 0.29) is 55.9 Å². The lowest BCUT2D eigenvalue weighted by atomic mass is 9.91. The summed E-state index contributed by atoms with van der Waals surface area (Å²) in [7, 11) is -2.44. The summed E-state index contributed by atoms with van der Waals surface area (Å²) in [5.41, 5.74) is 1.37. The molecule has 4 aliphatic rings. The molecule has 63 heavy (non-hydrogen) atoms. The van der Waals surface area contributed by atoms with E-state index < -0.39 is 99.7 Å². The van der Waals surface area contributed by atoms with Crippen molar-refractivity contribution in [2.75, 3.05) is 13.3 Å². The molecular weight excluding hydrogens is 921 g/mol. The maximum atomic E-state index is 15.5. The molecule has 2 N–H and O–H groups in total. The molecule has 5 atom stereocenters. The summed E-state index contributed by atoms with van der Waals surface area (Å²) in [5, 5.41) is 8.68. The predicted molar refractivity (Wildman–Crippen MR) is 223 cm³/mol. The molecule has 3 aliphatic carbocycles. The van der Waals surface area contributed by atoms with Crippen molar-refractivity contribution in [2.45, 2.75) is 49.7 Å². The van der Waals surface area contributed by atoms with Gasteiger partial charge in [-0.15, -0.1) is 4.40 Å². The molecule has 0 spiro atoms. The number of aromatic nitrogens is 4. The van der Waals surface area contributed by atoms with Gasteiger partial charge < -0.3 is 10.7 Å². The molecule has 3 heterocycles. The van der Waals surface area contributed by atoms with E-state index in [0.717, 1.165) is 23.0 Å². The van der Waals surface area contributed by atoms with E-state index >= 15 is 13.6 Å². The molecule has 12 nitrogen and oxygen atoms in total. The molecule has 2 fully saturated rings. The number of fused-ring (bicyclic) bond motifs is 5. The molecule has 1 saturated carbocycles. The number of hydrogen-bond donors (Lipinski definition) is 2. The quantitative estimate of drug-likeness (QED) is 0.135. The third-order valence-electron chi connectivity index (χ3n) is 11.5. The van der Waals surface area contributed by atoms with E-state index in [9.17, 15) is 30.8 Å². The Bertz CT molecular complexity index is 3050. The van der Waals surface area contributed by atoms with Gasteiger partial charge in [0.2, 0.25) is 5.91 Å². The SMILES string of the molecule is CN1NC(=NS(C)(=O)=O)C2C(Cl)=CC=C(n3c([C@H](Cc4cc(F)cc(F)c4)NC(=O)Cn4nc(C(F)F)c5c4C(F)(F)C4C[C@H]54)nc4cc(-c5ccc(Cl)cc5Cl)ccc4c3=O)C21. The van der Waals surface area contributed by atoms with Crippen molar-refractivity contribution in [3.05, 3.63) is 132 Å². The average Bonchev–Trinajstić information content (AvgIpc) is 3.72. The third-order valence-corrected chi connectivity index (χ3v) is 12.9. The van der Waals surface area contributed by atoms with Gasteiger partial charge >= 0.3 is 0 Å². The average molecular weight is 952 g/mol. The zero-order valence-electron chi connectivity index (χ0n) is 32.6. The molecule has 9 rings (SSSR count). The van der Waals surface area contributed by atoms with Crippen molar-refractivity contribution in [1.82, 2.24) is 35.1 Å². The number of hydrazine groups is 1. The minimum atomic E-state index is -3.98. The normalized spacial score (nSPS) is 22.4. The largest absolute Gasteiger partial charge is 0.344 e. The van der Waals surface area contributed by atoms with Gasteiger partial charge in [-0.3, -0.25) is 18.8 Å². The monoisotopic (exact) mass is 950 g/mol. The van der Waals surface area contributed by atoms with Crippen LogP contribution in [0.3, 0.4) is 0 Å². The summed E-state index contributed by atoms with van der Waals surface area (Å²) >= 11 is 19.4. The van der Waals surface area contributed by atoms with E-state index in [0.29, 0.717) is 26.9 Å². The van der Waals surface area contributed by atoms with Crippen LogP contribution in [0.25, 0.3) is 27.7 Å². The second-order valence-corrected chi connectivity index (χ2v) is 18.7. The van der Waals surface area contributed by atoms with Crippen LogP contribution in [-0.4, -0.2) is 63.8 Å². The van der Waals surface area contributed by atoms with Crippen LogP contribution in [0.4, 0.5) is 26.3 Å². The molecule has 328 valence electrons. The molecule has 3 unspecified atom stereocenters. The highest BCUT2D eigenvalue weighted by molar-refractivity contribution is 7.89. The van der Waals surface area contributed by atoms with E-state index in [1.807, 2.05) is 0 Å². The molecule has 1 aliphatic heterocycles. The summed E-state index contributed by atoms with van der Waals surface area (Å²) in [5.74, 6) is -9.92. The Labute approximate surface area is 368 Å². The number of allylic oxidation sites excluding steroid dienone is 2. The van der Waals surface area contributed by atoms with Gasteiger partial charge in [-0.1, -0.05) is 46.9 Å². The zero-order valence-corrected chi connectivity index (χ0v) is 35.6. The van der Waals surface area contributed by atoms with E-state index in [4.69, 9.17) is 39.8 Å². The number of amidine groups is 1. The predicted octanol–water partition coefficient (Wildman–Crippen LogP) is 7.86. The Balaban J connectivity index is 1.23. The lowest BCUT2D eigenvalue weighted by molar-refractivity contribution is -0.123. The number of rotatable bonds is 10. The first-order chi connectivity index (χ1) is 29.7. The molecule has 0 bridgehead atoms. The molecule has 22 heteroatoms. The number of carbonyl (C=O) groups is 1. The molecule has 1 amide bonds. The maximum Gasteiger partial charge on any atom is 0.293 e. The van der Waals surface area contributed by atoms with Gasteiger partial charge in [0.15, 0.2) is 0 Å². The first-order valence-electron chi connectivity index (χ1n) is 19.1. The first-order valence-corrected chi connectivity index (χ1v) is 22.1. The summed E-state index contributed by atoms with van der Waals surface area (Å²) in [6, 6.07) is 9.50. The van der Waals surface area contributed by atoms with Crippen LogP contribution in [0.1, 0.15) is 53.1 Å². The fourth-order valence-corrected chi connectivity index (χ4v) is 10.2. The Morgan fingerprint density at radius 1 is 1.05 bits per heavy atom. The van der Waals surface area contributed by atoms with Crippen LogP contribution >= 0.6 is 34.8 Å². The maximum absolute atomic E-state index is 15.5. The minimum Gasteiger partial charge on any atom is -0.344 e. The molecule has 0 radical (unpaired) electrons. The van der Waals surface area contributed by atoms with E-state index in [1.54, 1.807) is 24.3 Å². The van der Waals surface area contributed by atoms with Crippen LogP contribution in [0, 0.1) is 23.5 Å². The van der Waals surface area contributed by atoms with Crippen molar-refractivity contribution < 1.29 is 39.6 Å². The highest BCUT2D eigenvalue weighted by Gasteiger charge is 2.67. The number of nitrogens with one attached hydrogen (secondary N) is 2. The van der Waals surface area contributed by atoms with Crippen LogP contribution in [0.2, 0.25) is 10.0 Å². The smallest absolute Gasteiger partial charge is 0.293 e. The van der Waals surface area contributed by atoms with Crippen molar-refractivity contribution in [1.29, 1.82) is 0 Å². The Morgan fingerprint density at radius 2 is 1.78 bits per heavy atom. The Kier molecular flexibility index (Phi) is 10.6. The number of nitrogens with zero attached hydrogens (tertiary/aromatic N) is 6. The second kappa shape index (κ2) is 15.5. The van der Waals surface area contributed by atoms with Gasteiger partial charge in [-0.2, -0.15) is 13.9 Å². The van der Waals surface area contributed by atoms with E-state index in [1.165, 1.54) is 36.3 Å². The fourth-order valence-electron chi connectivity index (χ4n) is 8.88. The molecular formula is C41H31Cl3F6N8O4S. The number of amides is 1. The number of alkyl halides is 4. The van der Waals surface area contributed by atoms with Crippen molar-refractivity contribution >= 4 is 73.2 Å². The van der Waals surface area contributed by atoms with Gasteiger partial charge in [0.1, 0.15) is 41.2 Å². The Morgan fingerprint density at radius 3 is 2.46 bits per heavy atom. The van der Waals surface area contributed by atoms with Crippen molar-refractivity contribution in [3.63, 3.8) is 0 Å². The lowest BCUT2D eigenvalue weighted by Gasteiger charge is -2.31. The summed E-state index contributed by atoms with van der Waals surface area (Å²) in [4.78, 5) is 34.1. The van der Waals surface area contributed by atoms with Crippen LogP contribution < -0.4 is 16.3 Å². The number of hydrogen-bond acceptors (Lipinski definition) is 7. The van der Waals surface area contributed by atoms with Crippen LogP contribution in [0.5, 0.6) is 0 Å². The number of carbonyl (C=O) groups excluding carboxylic acids is 1.